The molecule has 1 aliphatic heterocycles. The average molecular weight is 289 g/mol. The van der Waals surface area contributed by atoms with Gasteiger partial charge in [-0.15, -0.1) is 0 Å². The van der Waals surface area contributed by atoms with Crippen LogP contribution in [0.25, 0.3) is 0 Å². The highest BCUT2D eigenvalue weighted by Crippen LogP contribution is 2.37. The largest absolute Gasteiger partial charge is 0.496 e. The Hall–Kier alpha value is -1.55. The van der Waals surface area contributed by atoms with Crippen LogP contribution in [-0.4, -0.2) is 35.7 Å². The van der Waals surface area contributed by atoms with E-state index in [2.05, 4.69) is 4.90 Å². The lowest BCUT2D eigenvalue weighted by Crippen LogP contribution is -2.34. The van der Waals surface area contributed by atoms with Crippen LogP contribution >= 0.6 is 0 Å². The lowest BCUT2D eigenvalue weighted by Gasteiger charge is -2.31. The lowest BCUT2D eigenvalue weighted by molar-refractivity contribution is 0.0693. The molecule has 0 aromatic heterocycles. The summed E-state index contributed by atoms with van der Waals surface area (Å²) in [6, 6.07) is 6.22. The van der Waals surface area contributed by atoms with Crippen LogP contribution in [0.3, 0.4) is 0 Å². The Labute approximate surface area is 125 Å². The van der Waals surface area contributed by atoms with Gasteiger partial charge in [0, 0.05) is 12.6 Å². The fourth-order valence-electron chi connectivity index (χ4n) is 3.95. The number of hydrogen-bond donors (Lipinski definition) is 1. The van der Waals surface area contributed by atoms with Crippen molar-refractivity contribution in [2.24, 2.45) is 5.92 Å². The quantitative estimate of drug-likeness (QED) is 0.925. The minimum atomic E-state index is -0.925. The second-order valence-electron chi connectivity index (χ2n) is 6.21. The van der Waals surface area contributed by atoms with E-state index >= 15 is 0 Å². The van der Waals surface area contributed by atoms with Crippen LogP contribution in [0.1, 0.15) is 48.0 Å². The van der Waals surface area contributed by atoms with Crippen molar-refractivity contribution < 1.29 is 14.6 Å². The number of carboxylic acid groups (broad SMARTS) is 1. The number of benzene rings is 1. The smallest absolute Gasteiger partial charge is 0.339 e. The Kier molecular flexibility index (Phi) is 4.15. The predicted molar refractivity (Wildman–Crippen MR) is 80.7 cm³/mol. The zero-order valence-corrected chi connectivity index (χ0v) is 12.5. The first-order valence-corrected chi connectivity index (χ1v) is 7.83. The molecule has 114 valence electrons. The van der Waals surface area contributed by atoms with E-state index in [0.717, 1.165) is 24.6 Å². The van der Waals surface area contributed by atoms with Crippen LogP contribution in [0, 0.1) is 5.92 Å². The summed E-state index contributed by atoms with van der Waals surface area (Å²) in [6.45, 7) is 2.00. The number of ether oxygens (including phenoxy) is 1. The summed E-state index contributed by atoms with van der Waals surface area (Å²) in [4.78, 5) is 13.8. The van der Waals surface area contributed by atoms with Gasteiger partial charge >= 0.3 is 5.97 Å². The Morgan fingerprint density at radius 1 is 1.33 bits per heavy atom. The van der Waals surface area contributed by atoms with Gasteiger partial charge in [-0.05, 0) is 49.4 Å². The molecule has 2 aliphatic rings. The van der Waals surface area contributed by atoms with E-state index in [-0.39, 0.29) is 5.56 Å². The summed E-state index contributed by atoms with van der Waals surface area (Å²) in [5.41, 5.74) is 1.33. The average Bonchev–Trinajstić information content (AvgIpc) is 2.90. The summed E-state index contributed by atoms with van der Waals surface area (Å²) < 4.78 is 5.12. The van der Waals surface area contributed by atoms with Crippen LogP contribution in [0.4, 0.5) is 0 Å². The van der Waals surface area contributed by atoms with Gasteiger partial charge in [0.25, 0.3) is 0 Å². The van der Waals surface area contributed by atoms with Gasteiger partial charge in [0.2, 0.25) is 0 Å². The minimum absolute atomic E-state index is 0.259. The number of rotatable bonds is 4. The third-order valence-corrected chi connectivity index (χ3v) is 5.01. The van der Waals surface area contributed by atoms with E-state index in [1.54, 1.807) is 12.1 Å². The normalized spacial score (nSPS) is 25.6. The van der Waals surface area contributed by atoms with Gasteiger partial charge < -0.3 is 9.84 Å². The maximum atomic E-state index is 11.3. The highest BCUT2D eigenvalue weighted by Gasteiger charge is 2.35. The van der Waals surface area contributed by atoms with Crippen LogP contribution in [0.15, 0.2) is 18.2 Å². The maximum Gasteiger partial charge on any atom is 0.339 e. The van der Waals surface area contributed by atoms with Gasteiger partial charge in [-0.2, -0.15) is 0 Å². The number of fused-ring (bicyclic) bond motifs is 1. The van der Waals surface area contributed by atoms with Crippen molar-refractivity contribution >= 4 is 5.97 Å². The molecule has 4 heteroatoms. The first kappa shape index (κ1) is 14.4. The second-order valence-corrected chi connectivity index (χ2v) is 6.21. The van der Waals surface area contributed by atoms with Gasteiger partial charge in [0.1, 0.15) is 11.3 Å². The number of aromatic carboxylic acids is 1. The first-order valence-electron chi connectivity index (χ1n) is 7.83. The monoisotopic (exact) mass is 289 g/mol. The van der Waals surface area contributed by atoms with E-state index in [9.17, 15) is 9.90 Å². The SMILES string of the molecule is COc1ccc(CN2CCC3CCCCC32)cc1C(=O)O. The van der Waals surface area contributed by atoms with Gasteiger partial charge in [-0.25, -0.2) is 4.79 Å². The Bertz CT molecular complexity index is 529. The van der Waals surface area contributed by atoms with E-state index in [1.165, 1.54) is 39.2 Å². The molecule has 1 aromatic carbocycles. The zero-order chi connectivity index (χ0) is 14.8. The molecular formula is C17H23NO3. The van der Waals surface area contributed by atoms with Gasteiger partial charge in [0.05, 0.1) is 7.11 Å². The first-order chi connectivity index (χ1) is 10.2. The summed E-state index contributed by atoms with van der Waals surface area (Å²) in [5.74, 6) is 0.366. The van der Waals surface area contributed by atoms with Gasteiger partial charge in [0.15, 0.2) is 0 Å². The van der Waals surface area contributed by atoms with Gasteiger partial charge in [-0.1, -0.05) is 18.9 Å². The molecule has 1 saturated heterocycles. The third-order valence-electron chi connectivity index (χ3n) is 5.01. The molecule has 0 spiro atoms. The van der Waals surface area contributed by atoms with E-state index in [4.69, 9.17) is 4.74 Å². The summed E-state index contributed by atoms with van der Waals surface area (Å²) in [6.07, 6.45) is 6.67. The van der Waals surface area contributed by atoms with Crippen molar-refractivity contribution in [1.29, 1.82) is 0 Å². The zero-order valence-electron chi connectivity index (χ0n) is 12.5. The van der Waals surface area contributed by atoms with Crippen molar-refractivity contribution in [2.75, 3.05) is 13.7 Å². The van der Waals surface area contributed by atoms with E-state index in [1.807, 2.05) is 6.07 Å². The van der Waals surface area contributed by atoms with Crippen LogP contribution in [-0.2, 0) is 6.54 Å². The summed E-state index contributed by atoms with van der Waals surface area (Å²) in [5, 5.41) is 9.28. The Balaban J connectivity index is 1.76. The minimum Gasteiger partial charge on any atom is -0.496 e. The topological polar surface area (TPSA) is 49.8 Å². The number of carboxylic acids is 1. The standard InChI is InChI=1S/C17H23NO3/c1-21-16-7-6-12(10-14(16)17(19)20)11-18-9-8-13-4-2-3-5-15(13)18/h6-7,10,13,15H,2-5,8-9,11H2,1H3,(H,19,20). The fraction of sp³-hybridized carbons (Fsp3) is 0.588. The molecule has 1 aromatic rings. The molecule has 1 aliphatic carbocycles. The number of hydrogen-bond acceptors (Lipinski definition) is 3. The second kappa shape index (κ2) is 6.06. The van der Waals surface area contributed by atoms with Crippen molar-refractivity contribution in [3.63, 3.8) is 0 Å². The third kappa shape index (κ3) is 2.91. The highest BCUT2D eigenvalue weighted by atomic mass is 16.5. The number of carbonyl (C=O) groups is 1. The van der Waals surface area contributed by atoms with Crippen molar-refractivity contribution in [3.8, 4) is 5.75 Å². The lowest BCUT2D eigenvalue weighted by atomic mass is 9.85. The van der Waals surface area contributed by atoms with Crippen LogP contribution in [0.5, 0.6) is 5.75 Å². The number of methoxy groups -OCH3 is 1. The maximum absolute atomic E-state index is 11.3. The Morgan fingerprint density at radius 2 is 2.14 bits per heavy atom. The molecule has 1 heterocycles. The molecule has 2 fully saturated rings. The number of nitrogens with zero attached hydrogens (tertiary/aromatic N) is 1. The fourth-order valence-corrected chi connectivity index (χ4v) is 3.95. The summed E-state index contributed by atoms with van der Waals surface area (Å²) >= 11 is 0. The molecule has 2 unspecified atom stereocenters. The molecule has 0 amide bonds. The predicted octanol–water partition coefficient (Wildman–Crippen LogP) is 3.16. The van der Waals surface area contributed by atoms with E-state index in [0.29, 0.717) is 11.8 Å². The van der Waals surface area contributed by atoms with Crippen LogP contribution < -0.4 is 4.74 Å². The molecule has 1 saturated carbocycles. The van der Waals surface area contributed by atoms with E-state index < -0.39 is 5.97 Å². The molecule has 2 atom stereocenters. The molecule has 0 radical (unpaired) electrons. The Morgan fingerprint density at radius 3 is 2.90 bits per heavy atom. The van der Waals surface area contributed by atoms with Crippen LogP contribution in [0.2, 0.25) is 0 Å². The molecule has 21 heavy (non-hydrogen) atoms. The molecule has 1 N–H and O–H groups in total. The number of likely N-dealkylation sites (tertiary alicyclic amines) is 1. The van der Waals surface area contributed by atoms with Gasteiger partial charge in [-0.3, -0.25) is 4.90 Å². The summed E-state index contributed by atoms with van der Waals surface area (Å²) in [7, 11) is 1.51. The molecule has 3 rings (SSSR count). The molecule has 4 nitrogen and oxygen atoms in total. The molecule has 0 bridgehead atoms. The highest BCUT2D eigenvalue weighted by molar-refractivity contribution is 5.91. The van der Waals surface area contributed by atoms with Crippen molar-refractivity contribution in [3.05, 3.63) is 29.3 Å². The van der Waals surface area contributed by atoms with Crippen molar-refractivity contribution in [1.82, 2.24) is 4.90 Å². The molecular weight excluding hydrogens is 266 g/mol. The van der Waals surface area contributed by atoms with Crippen molar-refractivity contribution in [2.45, 2.75) is 44.7 Å².